The van der Waals surface area contributed by atoms with Crippen molar-refractivity contribution in [1.82, 2.24) is 5.32 Å². The van der Waals surface area contributed by atoms with Gasteiger partial charge in [0.2, 0.25) is 0 Å². The summed E-state index contributed by atoms with van der Waals surface area (Å²) in [6.07, 6.45) is 2.26. The molecule has 0 spiro atoms. The summed E-state index contributed by atoms with van der Waals surface area (Å²) >= 11 is 0. The zero-order valence-electron chi connectivity index (χ0n) is 13.2. The molecule has 1 aromatic carbocycles. The quantitative estimate of drug-likeness (QED) is 0.754. The molecule has 0 radical (unpaired) electrons. The van der Waals surface area contributed by atoms with Crippen LogP contribution in [0.4, 0.5) is 5.69 Å². The minimum absolute atomic E-state index is 0.0936. The van der Waals surface area contributed by atoms with Crippen LogP contribution >= 0.6 is 0 Å². The molecule has 2 N–H and O–H groups in total. The molecule has 0 atom stereocenters. The first kappa shape index (κ1) is 17.3. The van der Waals surface area contributed by atoms with Crippen LogP contribution in [0.1, 0.15) is 23.0 Å². The third-order valence-corrected chi connectivity index (χ3v) is 3.15. The summed E-state index contributed by atoms with van der Waals surface area (Å²) in [7, 11) is 0. The Labute approximate surface area is 139 Å². The van der Waals surface area contributed by atoms with Crippen molar-refractivity contribution >= 4 is 23.5 Å². The third kappa shape index (κ3) is 5.28. The van der Waals surface area contributed by atoms with Gasteiger partial charge in [0.15, 0.2) is 12.4 Å². The first-order valence-corrected chi connectivity index (χ1v) is 7.44. The first-order chi connectivity index (χ1) is 11.6. The summed E-state index contributed by atoms with van der Waals surface area (Å²) in [4.78, 5) is 34.8. The second-order valence-corrected chi connectivity index (χ2v) is 4.92. The average molecular weight is 330 g/mol. The fourth-order valence-corrected chi connectivity index (χ4v) is 1.87. The maximum atomic E-state index is 11.7. The highest BCUT2D eigenvalue weighted by Gasteiger charge is 2.12. The van der Waals surface area contributed by atoms with Crippen molar-refractivity contribution < 1.29 is 23.5 Å². The second-order valence-electron chi connectivity index (χ2n) is 4.92. The van der Waals surface area contributed by atoms with E-state index in [-0.39, 0.29) is 12.3 Å². The van der Waals surface area contributed by atoms with E-state index in [4.69, 9.17) is 9.15 Å². The van der Waals surface area contributed by atoms with Gasteiger partial charge in [-0.1, -0.05) is 19.1 Å². The molecule has 0 saturated carbocycles. The molecule has 1 aromatic heterocycles. The number of carbonyl (C=O) groups is 3. The van der Waals surface area contributed by atoms with Crippen LogP contribution in [0.15, 0.2) is 47.1 Å². The Morgan fingerprint density at radius 1 is 1.12 bits per heavy atom. The number of nitrogens with one attached hydrogen (secondary N) is 2. The van der Waals surface area contributed by atoms with Crippen molar-refractivity contribution in [2.75, 3.05) is 18.5 Å². The molecule has 2 rings (SSSR count). The van der Waals surface area contributed by atoms with Crippen LogP contribution < -0.4 is 10.6 Å². The van der Waals surface area contributed by atoms with Crippen LogP contribution in [-0.4, -0.2) is 30.9 Å². The molecule has 0 bridgehead atoms. The number of anilines is 1. The van der Waals surface area contributed by atoms with Crippen LogP contribution in [0.2, 0.25) is 0 Å². The Balaban J connectivity index is 1.68. The Hall–Kier alpha value is -3.09. The summed E-state index contributed by atoms with van der Waals surface area (Å²) in [5.41, 5.74) is 1.78. The van der Waals surface area contributed by atoms with Gasteiger partial charge in [0.25, 0.3) is 11.8 Å². The molecule has 2 amide bonds. The molecule has 0 aliphatic carbocycles. The topological polar surface area (TPSA) is 97.6 Å². The number of carbonyl (C=O) groups excluding carboxylic acids is 3. The lowest BCUT2D eigenvalue weighted by atomic mass is 10.1. The molecule has 0 aliphatic rings. The van der Waals surface area contributed by atoms with Crippen LogP contribution in [0.25, 0.3) is 0 Å². The zero-order chi connectivity index (χ0) is 17.4. The van der Waals surface area contributed by atoms with E-state index in [0.29, 0.717) is 5.69 Å². The number of ether oxygens (including phenoxy) is 1. The predicted octanol–water partition coefficient (Wildman–Crippen LogP) is 1.75. The number of hydrogen-bond donors (Lipinski definition) is 2. The maximum absolute atomic E-state index is 11.7. The molecule has 0 saturated heterocycles. The summed E-state index contributed by atoms with van der Waals surface area (Å²) in [6, 6.07) is 10.4. The van der Waals surface area contributed by atoms with Crippen molar-refractivity contribution in [2.45, 2.75) is 13.3 Å². The Kier molecular flexibility index (Phi) is 6.13. The molecule has 0 aliphatic heterocycles. The number of furan rings is 1. The monoisotopic (exact) mass is 330 g/mol. The number of amides is 2. The molecular weight excluding hydrogens is 312 g/mol. The highest BCUT2D eigenvalue weighted by molar-refractivity contribution is 5.95. The Bertz CT molecular complexity index is 692. The molecule has 126 valence electrons. The van der Waals surface area contributed by atoms with Gasteiger partial charge in [-0.15, -0.1) is 0 Å². The van der Waals surface area contributed by atoms with Crippen molar-refractivity contribution in [3.05, 3.63) is 54.0 Å². The summed E-state index contributed by atoms with van der Waals surface area (Å²) in [5, 5.41) is 4.95. The van der Waals surface area contributed by atoms with E-state index in [0.717, 1.165) is 12.0 Å². The highest BCUT2D eigenvalue weighted by Crippen LogP contribution is 2.09. The smallest absolute Gasteiger partial charge is 0.325 e. The largest absolute Gasteiger partial charge is 0.459 e. The minimum atomic E-state index is -0.716. The number of esters is 1. The standard InChI is InChI=1S/C17H18N2O5/c1-2-12-5-7-13(8-6-12)19-15(20)11-24-16(21)10-18-17(22)14-4-3-9-23-14/h3-9H,2,10-11H2,1H3,(H,18,22)(H,19,20). The van der Waals surface area contributed by atoms with Gasteiger partial charge in [-0.25, -0.2) is 0 Å². The number of hydrogen-bond acceptors (Lipinski definition) is 5. The van der Waals surface area contributed by atoms with Gasteiger partial charge >= 0.3 is 5.97 Å². The van der Waals surface area contributed by atoms with Gasteiger partial charge in [-0.05, 0) is 36.2 Å². The van der Waals surface area contributed by atoms with Gasteiger partial charge in [0.05, 0.1) is 6.26 Å². The zero-order valence-corrected chi connectivity index (χ0v) is 13.2. The maximum Gasteiger partial charge on any atom is 0.325 e. The van der Waals surface area contributed by atoms with E-state index < -0.39 is 24.4 Å². The molecule has 0 fully saturated rings. The molecular formula is C17H18N2O5. The van der Waals surface area contributed by atoms with Crippen molar-refractivity contribution in [3.8, 4) is 0 Å². The van der Waals surface area contributed by atoms with Crippen LogP contribution in [0.3, 0.4) is 0 Å². The van der Waals surface area contributed by atoms with Gasteiger partial charge in [-0.2, -0.15) is 0 Å². The van der Waals surface area contributed by atoms with E-state index >= 15 is 0 Å². The second kappa shape index (κ2) is 8.52. The van der Waals surface area contributed by atoms with Gasteiger partial charge in [0, 0.05) is 5.69 Å². The molecule has 7 nitrogen and oxygen atoms in total. The lowest BCUT2D eigenvalue weighted by Gasteiger charge is -2.07. The van der Waals surface area contributed by atoms with Crippen LogP contribution in [0.5, 0.6) is 0 Å². The third-order valence-electron chi connectivity index (χ3n) is 3.15. The Morgan fingerprint density at radius 2 is 1.88 bits per heavy atom. The molecule has 1 heterocycles. The lowest BCUT2D eigenvalue weighted by Crippen LogP contribution is -2.32. The normalized spacial score (nSPS) is 10.0. The van der Waals surface area contributed by atoms with Crippen LogP contribution in [0, 0.1) is 0 Å². The number of rotatable bonds is 7. The van der Waals surface area contributed by atoms with E-state index in [1.807, 2.05) is 19.1 Å². The van der Waals surface area contributed by atoms with E-state index in [9.17, 15) is 14.4 Å². The van der Waals surface area contributed by atoms with Gasteiger partial charge in [0.1, 0.15) is 6.54 Å². The molecule has 7 heteroatoms. The van der Waals surface area contributed by atoms with Crippen LogP contribution in [-0.2, 0) is 20.7 Å². The van der Waals surface area contributed by atoms with Crippen molar-refractivity contribution in [2.24, 2.45) is 0 Å². The predicted molar refractivity (Wildman–Crippen MR) is 86.4 cm³/mol. The molecule has 24 heavy (non-hydrogen) atoms. The van der Waals surface area contributed by atoms with E-state index in [2.05, 4.69) is 10.6 Å². The number of benzene rings is 1. The van der Waals surface area contributed by atoms with Gasteiger partial charge < -0.3 is 19.8 Å². The lowest BCUT2D eigenvalue weighted by molar-refractivity contribution is -0.146. The summed E-state index contributed by atoms with van der Waals surface area (Å²) in [5.74, 6) is -1.61. The average Bonchev–Trinajstić information content (AvgIpc) is 3.13. The highest BCUT2D eigenvalue weighted by atomic mass is 16.5. The van der Waals surface area contributed by atoms with E-state index in [1.54, 1.807) is 18.2 Å². The minimum Gasteiger partial charge on any atom is -0.459 e. The van der Waals surface area contributed by atoms with Crippen molar-refractivity contribution in [3.63, 3.8) is 0 Å². The Morgan fingerprint density at radius 3 is 2.50 bits per heavy atom. The van der Waals surface area contributed by atoms with Crippen molar-refractivity contribution in [1.29, 1.82) is 0 Å². The summed E-state index contributed by atoms with van der Waals surface area (Å²) in [6.45, 7) is 1.26. The number of aryl methyl sites for hydroxylation is 1. The molecule has 0 unspecified atom stereocenters. The fraction of sp³-hybridized carbons (Fsp3) is 0.235. The molecule has 2 aromatic rings. The SMILES string of the molecule is CCc1ccc(NC(=O)COC(=O)CNC(=O)c2ccco2)cc1. The van der Waals surface area contributed by atoms with E-state index in [1.165, 1.54) is 12.3 Å². The summed E-state index contributed by atoms with van der Waals surface area (Å²) < 4.78 is 9.67. The fourth-order valence-electron chi connectivity index (χ4n) is 1.87. The van der Waals surface area contributed by atoms with Gasteiger partial charge in [-0.3, -0.25) is 14.4 Å². The first-order valence-electron chi connectivity index (χ1n) is 7.44.